The van der Waals surface area contributed by atoms with Gasteiger partial charge < -0.3 is 15.5 Å². The number of halogens is 1. The van der Waals surface area contributed by atoms with E-state index in [9.17, 15) is 9.18 Å². The van der Waals surface area contributed by atoms with Crippen molar-refractivity contribution in [3.05, 3.63) is 41.2 Å². The molecule has 0 aliphatic heterocycles. The van der Waals surface area contributed by atoms with Crippen LogP contribution in [-0.4, -0.2) is 29.5 Å². The molecular formula is C21H29FN4OS. The lowest BCUT2D eigenvalue weighted by atomic mass is 9.96. The number of hydrogen-bond acceptors (Lipinski definition) is 5. The summed E-state index contributed by atoms with van der Waals surface area (Å²) in [5, 5.41) is 3.07. The lowest BCUT2D eigenvalue weighted by Crippen LogP contribution is -2.48. The third kappa shape index (κ3) is 4.63. The van der Waals surface area contributed by atoms with Gasteiger partial charge in [-0.05, 0) is 49.9 Å². The maximum atomic E-state index is 13.4. The summed E-state index contributed by atoms with van der Waals surface area (Å²) >= 11 is 1.64. The van der Waals surface area contributed by atoms with Gasteiger partial charge in [-0.2, -0.15) is 0 Å². The molecule has 0 saturated heterocycles. The summed E-state index contributed by atoms with van der Waals surface area (Å²) in [4.78, 5) is 21.4. The molecule has 152 valence electrons. The minimum atomic E-state index is -0.480. The minimum Gasteiger partial charge on any atom is -0.368 e. The van der Waals surface area contributed by atoms with Gasteiger partial charge >= 0.3 is 0 Å². The Labute approximate surface area is 170 Å². The average molecular weight is 405 g/mol. The molecule has 1 fully saturated rings. The Morgan fingerprint density at radius 2 is 2.00 bits per heavy atom. The van der Waals surface area contributed by atoms with Crippen molar-refractivity contribution in [3.8, 4) is 0 Å². The third-order valence-electron chi connectivity index (χ3n) is 5.41. The maximum absolute atomic E-state index is 13.4. The number of primary amides is 1. The quantitative estimate of drug-likeness (QED) is 0.645. The summed E-state index contributed by atoms with van der Waals surface area (Å²) in [7, 11) is 0. The number of anilines is 2. The zero-order chi connectivity index (χ0) is 20.3. The van der Waals surface area contributed by atoms with Crippen LogP contribution in [-0.2, 0) is 11.3 Å². The first-order valence-electron chi connectivity index (χ1n) is 9.97. The topological polar surface area (TPSA) is 62.5 Å². The fourth-order valence-corrected chi connectivity index (χ4v) is 4.51. The fourth-order valence-electron chi connectivity index (χ4n) is 3.56. The predicted molar refractivity (Wildman–Crippen MR) is 113 cm³/mol. The highest BCUT2D eigenvalue weighted by atomic mass is 32.1. The van der Waals surface area contributed by atoms with Crippen molar-refractivity contribution in [3.63, 3.8) is 0 Å². The SMILES string of the molecule is CC[C@H](C)[C@@H](C(N)=O)N(Cc1csc(N(CC)C2CC2)n1)c1ccc(F)cc1. The standard InChI is InChI=1S/C21H29FN4OS/c1-4-14(3)19(20(23)27)26(18-8-6-15(22)7-9-18)12-16-13-28-21(24-16)25(5-2)17-10-11-17/h6-9,13-14,17,19H,4-5,10-12H2,1-3H3,(H2,23,27)/t14-,19-/m0/s1. The van der Waals surface area contributed by atoms with Gasteiger partial charge in [0.2, 0.25) is 5.91 Å². The molecule has 7 heteroatoms. The van der Waals surface area contributed by atoms with E-state index in [1.54, 1.807) is 23.5 Å². The van der Waals surface area contributed by atoms with Gasteiger partial charge in [0, 0.05) is 23.7 Å². The molecule has 2 atom stereocenters. The van der Waals surface area contributed by atoms with Gasteiger partial charge in [0.25, 0.3) is 0 Å². The number of thiazole rings is 1. The van der Waals surface area contributed by atoms with E-state index >= 15 is 0 Å². The van der Waals surface area contributed by atoms with Crippen molar-refractivity contribution in [2.45, 2.75) is 58.7 Å². The number of nitrogens with zero attached hydrogens (tertiary/aromatic N) is 3. The summed E-state index contributed by atoms with van der Waals surface area (Å²) in [5.41, 5.74) is 7.45. The summed E-state index contributed by atoms with van der Waals surface area (Å²) in [6, 6.07) is 6.35. The van der Waals surface area contributed by atoms with Crippen LogP contribution in [0, 0.1) is 11.7 Å². The molecule has 0 unspecified atom stereocenters. The molecule has 1 aliphatic rings. The molecule has 1 aromatic carbocycles. The largest absolute Gasteiger partial charge is 0.368 e. The van der Waals surface area contributed by atoms with Crippen molar-refractivity contribution in [2.24, 2.45) is 11.7 Å². The Morgan fingerprint density at radius 1 is 1.32 bits per heavy atom. The van der Waals surface area contributed by atoms with Crippen molar-refractivity contribution in [1.29, 1.82) is 0 Å². The number of rotatable bonds is 10. The monoisotopic (exact) mass is 404 g/mol. The normalized spacial score (nSPS) is 15.9. The van der Waals surface area contributed by atoms with Crippen LogP contribution < -0.4 is 15.5 Å². The number of nitrogens with two attached hydrogens (primary N) is 1. The Hall–Kier alpha value is -2.15. The van der Waals surface area contributed by atoms with Crippen LogP contribution >= 0.6 is 11.3 Å². The van der Waals surface area contributed by atoms with Crippen molar-refractivity contribution in [1.82, 2.24) is 4.98 Å². The first-order chi connectivity index (χ1) is 13.4. The minimum absolute atomic E-state index is 0.0688. The Balaban J connectivity index is 1.89. The third-order valence-corrected chi connectivity index (χ3v) is 6.34. The van der Waals surface area contributed by atoms with Gasteiger partial charge in [-0.15, -0.1) is 11.3 Å². The lowest BCUT2D eigenvalue weighted by Gasteiger charge is -2.34. The summed E-state index contributed by atoms with van der Waals surface area (Å²) in [6.45, 7) is 7.61. The Morgan fingerprint density at radius 3 is 2.54 bits per heavy atom. The second kappa shape index (κ2) is 8.90. The molecule has 0 spiro atoms. The Kier molecular flexibility index (Phi) is 6.54. The number of hydrogen-bond donors (Lipinski definition) is 1. The molecule has 1 aliphatic carbocycles. The predicted octanol–water partition coefficient (Wildman–Crippen LogP) is 4.18. The molecule has 1 saturated carbocycles. The number of amides is 1. The highest BCUT2D eigenvalue weighted by Crippen LogP contribution is 2.34. The van der Waals surface area contributed by atoms with E-state index in [-0.39, 0.29) is 17.6 Å². The molecule has 2 aromatic rings. The molecule has 2 N–H and O–H groups in total. The van der Waals surface area contributed by atoms with E-state index in [0.717, 1.165) is 29.5 Å². The molecule has 28 heavy (non-hydrogen) atoms. The molecular weight excluding hydrogens is 375 g/mol. The summed E-state index contributed by atoms with van der Waals surface area (Å²) in [5.74, 6) is -0.608. The molecule has 0 bridgehead atoms. The number of benzene rings is 1. The lowest BCUT2D eigenvalue weighted by molar-refractivity contribution is -0.120. The van der Waals surface area contributed by atoms with Gasteiger partial charge in [-0.1, -0.05) is 20.3 Å². The zero-order valence-corrected chi connectivity index (χ0v) is 17.6. The van der Waals surface area contributed by atoms with Crippen molar-refractivity contribution in [2.75, 3.05) is 16.3 Å². The van der Waals surface area contributed by atoms with E-state index in [0.29, 0.717) is 12.6 Å². The van der Waals surface area contributed by atoms with E-state index in [4.69, 9.17) is 10.7 Å². The molecule has 3 rings (SSSR count). The second-order valence-electron chi connectivity index (χ2n) is 7.48. The molecule has 0 radical (unpaired) electrons. The smallest absolute Gasteiger partial charge is 0.240 e. The zero-order valence-electron chi connectivity index (χ0n) is 16.8. The van der Waals surface area contributed by atoms with E-state index in [1.165, 1.54) is 25.0 Å². The summed E-state index contributed by atoms with van der Waals surface area (Å²) in [6.07, 6.45) is 3.27. The van der Waals surface area contributed by atoms with Gasteiger partial charge in [0.15, 0.2) is 5.13 Å². The average Bonchev–Trinajstić information content (AvgIpc) is 3.40. The second-order valence-corrected chi connectivity index (χ2v) is 8.31. The molecule has 1 amide bonds. The van der Waals surface area contributed by atoms with Crippen molar-refractivity contribution >= 4 is 28.1 Å². The first-order valence-corrected chi connectivity index (χ1v) is 10.8. The highest BCUT2D eigenvalue weighted by Gasteiger charge is 2.32. The van der Waals surface area contributed by atoms with Crippen LogP contribution in [0.2, 0.25) is 0 Å². The van der Waals surface area contributed by atoms with Crippen LogP contribution in [0.3, 0.4) is 0 Å². The van der Waals surface area contributed by atoms with Crippen molar-refractivity contribution < 1.29 is 9.18 Å². The van der Waals surface area contributed by atoms with Gasteiger partial charge in [-0.3, -0.25) is 4.79 Å². The van der Waals surface area contributed by atoms with Crippen LogP contribution in [0.1, 0.15) is 45.7 Å². The molecule has 5 nitrogen and oxygen atoms in total. The van der Waals surface area contributed by atoms with Crippen LogP contribution in [0.5, 0.6) is 0 Å². The maximum Gasteiger partial charge on any atom is 0.240 e. The van der Waals surface area contributed by atoms with Crippen LogP contribution in [0.4, 0.5) is 15.2 Å². The van der Waals surface area contributed by atoms with E-state index in [2.05, 4.69) is 11.8 Å². The van der Waals surface area contributed by atoms with Gasteiger partial charge in [-0.25, -0.2) is 9.37 Å². The van der Waals surface area contributed by atoms with Gasteiger partial charge in [0.05, 0.1) is 12.2 Å². The number of aromatic nitrogens is 1. The van der Waals surface area contributed by atoms with E-state index in [1.807, 2.05) is 24.1 Å². The van der Waals surface area contributed by atoms with Crippen LogP contribution in [0.15, 0.2) is 29.6 Å². The Bertz CT molecular complexity index is 790. The number of carbonyl (C=O) groups excluding carboxylic acids is 1. The molecule has 1 heterocycles. The van der Waals surface area contributed by atoms with Gasteiger partial charge in [0.1, 0.15) is 11.9 Å². The van der Waals surface area contributed by atoms with Crippen LogP contribution in [0.25, 0.3) is 0 Å². The first kappa shape index (κ1) is 20.6. The molecule has 1 aromatic heterocycles. The summed E-state index contributed by atoms with van der Waals surface area (Å²) < 4.78 is 13.4. The van der Waals surface area contributed by atoms with E-state index < -0.39 is 6.04 Å². The number of carbonyl (C=O) groups is 1. The highest BCUT2D eigenvalue weighted by molar-refractivity contribution is 7.13. The fraction of sp³-hybridized carbons (Fsp3) is 0.524.